The summed E-state index contributed by atoms with van der Waals surface area (Å²) < 4.78 is 35.9. The molecule has 0 amide bonds. The first kappa shape index (κ1) is 25.7. The van der Waals surface area contributed by atoms with Crippen molar-refractivity contribution in [3.63, 3.8) is 0 Å². The van der Waals surface area contributed by atoms with Crippen LogP contribution in [0.2, 0.25) is 0 Å². The number of nitrogens with one attached hydrogen (secondary N) is 1. The van der Waals surface area contributed by atoms with E-state index in [1.165, 1.54) is 6.07 Å². The van der Waals surface area contributed by atoms with E-state index in [4.69, 9.17) is 0 Å². The average Bonchev–Trinajstić information content (AvgIpc) is 3.25. The molecule has 3 aromatic rings. The fraction of sp³-hybridized carbons (Fsp3) is 0.192. The summed E-state index contributed by atoms with van der Waals surface area (Å²) in [6.07, 6.45) is 1.36. The monoisotopic (exact) mass is 426 g/mol. The van der Waals surface area contributed by atoms with E-state index in [0.29, 0.717) is 5.56 Å². The Morgan fingerprint density at radius 2 is 1.65 bits per heavy atom. The normalized spacial score (nSPS) is 10.5. The van der Waals surface area contributed by atoms with Crippen LogP contribution in [0.5, 0.6) is 0 Å². The third-order valence-electron chi connectivity index (χ3n) is 4.09. The van der Waals surface area contributed by atoms with Gasteiger partial charge in [-0.05, 0) is 31.1 Å². The lowest BCUT2D eigenvalue weighted by molar-refractivity contribution is -0.137. The number of aromatic amines is 1. The fourth-order valence-electron chi connectivity index (χ4n) is 2.62. The number of aromatic nitrogens is 2. The Labute approximate surface area is 182 Å². The highest BCUT2D eigenvalue weighted by Gasteiger charge is 2.29. The SMILES string of the molecule is C=C(/C=C\C)C(=C)c1[nH]cnc1-c1ccccc1.CC.Cc1cccc(C(F)(F)F)c1. The Morgan fingerprint density at radius 1 is 1.00 bits per heavy atom. The first-order valence-electron chi connectivity index (χ1n) is 9.98. The quantitative estimate of drug-likeness (QED) is 0.418. The molecule has 164 valence electrons. The number of hydrogen-bond donors (Lipinski definition) is 1. The minimum atomic E-state index is -4.22. The molecule has 0 bridgehead atoms. The number of H-pyrrole nitrogens is 1. The van der Waals surface area contributed by atoms with Gasteiger partial charge in [-0.25, -0.2) is 4.98 Å². The van der Waals surface area contributed by atoms with E-state index in [1.54, 1.807) is 19.3 Å². The van der Waals surface area contributed by atoms with Gasteiger partial charge in [0.1, 0.15) is 0 Å². The van der Waals surface area contributed by atoms with Gasteiger partial charge in [0.25, 0.3) is 0 Å². The minimum Gasteiger partial charge on any atom is -0.344 e. The average molecular weight is 427 g/mol. The predicted octanol–water partition coefficient (Wildman–Crippen LogP) is 8.26. The van der Waals surface area contributed by atoms with Gasteiger partial charge in [0.2, 0.25) is 0 Å². The van der Waals surface area contributed by atoms with Crippen molar-refractivity contribution in [1.29, 1.82) is 0 Å². The molecule has 0 aliphatic rings. The Morgan fingerprint density at radius 3 is 2.16 bits per heavy atom. The molecule has 0 fully saturated rings. The van der Waals surface area contributed by atoms with E-state index in [2.05, 4.69) is 23.1 Å². The maximum absolute atomic E-state index is 12.0. The highest BCUT2D eigenvalue weighted by molar-refractivity contribution is 5.85. The summed E-state index contributed by atoms with van der Waals surface area (Å²) in [5.74, 6) is 0. The van der Waals surface area contributed by atoms with E-state index >= 15 is 0 Å². The molecule has 0 aliphatic carbocycles. The van der Waals surface area contributed by atoms with E-state index in [1.807, 2.05) is 63.3 Å². The first-order valence-corrected chi connectivity index (χ1v) is 9.98. The second kappa shape index (κ2) is 12.4. The van der Waals surface area contributed by atoms with Crippen molar-refractivity contribution >= 4 is 5.57 Å². The smallest absolute Gasteiger partial charge is 0.344 e. The second-order valence-electron chi connectivity index (χ2n) is 6.36. The van der Waals surface area contributed by atoms with Gasteiger partial charge in [-0.1, -0.05) is 93.3 Å². The Bertz CT molecular complexity index is 997. The Hall–Kier alpha value is -3.34. The molecule has 1 N–H and O–H groups in total. The third-order valence-corrected chi connectivity index (χ3v) is 4.09. The lowest BCUT2D eigenvalue weighted by atomic mass is 10.0. The second-order valence-corrected chi connectivity index (χ2v) is 6.36. The van der Waals surface area contributed by atoms with Crippen molar-refractivity contribution in [3.05, 3.63) is 109 Å². The highest BCUT2D eigenvalue weighted by Crippen LogP contribution is 2.29. The lowest BCUT2D eigenvalue weighted by Crippen LogP contribution is -2.04. The molecule has 0 saturated heterocycles. The van der Waals surface area contributed by atoms with Crippen LogP contribution in [0.1, 0.15) is 37.6 Å². The molecule has 0 atom stereocenters. The van der Waals surface area contributed by atoms with Gasteiger partial charge in [-0.3, -0.25) is 0 Å². The van der Waals surface area contributed by atoms with E-state index in [0.717, 1.165) is 40.2 Å². The van der Waals surface area contributed by atoms with Gasteiger partial charge in [0.15, 0.2) is 0 Å². The number of alkyl halides is 3. The number of allylic oxidation sites excluding steroid dienone is 4. The molecule has 31 heavy (non-hydrogen) atoms. The molecule has 0 unspecified atom stereocenters. The van der Waals surface area contributed by atoms with Gasteiger partial charge in [-0.15, -0.1) is 0 Å². The van der Waals surface area contributed by atoms with Crippen LogP contribution in [0.3, 0.4) is 0 Å². The number of benzene rings is 2. The molecule has 0 spiro atoms. The van der Waals surface area contributed by atoms with Crippen LogP contribution in [0, 0.1) is 6.92 Å². The molecule has 1 heterocycles. The molecule has 1 aromatic heterocycles. The van der Waals surface area contributed by atoms with Crippen LogP contribution >= 0.6 is 0 Å². The van der Waals surface area contributed by atoms with Crippen LogP contribution in [0.4, 0.5) is 13.2 Å². The highest BCUT2D eigenvalue weighted by atomic mass is 19.4. The molecule has 0 aliphatic heterocycles. The van der Waals surface area contributed by atoms with Gasteiger partial charge in [0.05, 0.1) is 23.3 Å². The van der Waals surface area contributed by atoms with Crippen LogP contribution in [-0.4, -0.2) is 9.97 Å². The van der Waals surface area contributed by atoms with Gasteiger partial charge >= 0.3 is 6.18 Å². The summed E-state index contributed by atoms with van der Waals surface area (Å²) in [6.45, 7) is 15.7. The summed E-state index contributed by atoms with van der Waals surface area (Å²) >= 11 is 0. The van der Waals surface area contributed by atoms with Crippen molar-refractivity contribution in [2.45, 2.75) is 33.9 Å². The summed E-state index contributed by atoms with van der Waals surface area (Å²) in [6, 6.07) is 15.3. The van der Waals surface area contributed by atoms with Crippen molar-refractivity contribution in [1.82, 2.24) is 9.97 Å². The topological polar surface area (TPSA) is 28.7 Å². The van der Waals surface area contributed by atoms with Crippen LogP contribution in [0.15, 0.2) is 91.8 Å². The standard InChI is InChI=1S/C16H16N2.C8H7F3.C2H6/c1-4-8-12(2)13(3)15-16(18-11-17-15)14-9-6-5-7-10-14;1-6-3-2-4-7(5-6)8(9,10)11;1-2/h4-11H,2-3H2,1H3,(H,17,18);2-5H,1H3;1-2H3/b8-4-;;. The van der Waals surface area contributed by atoms with Crippen LogP contribution in [-0.2, 0) is 6.18 Å². The van der Waals surface area contributed by atoms with Gasteiger partial charge in [0, 0.05) is 5.56 Å². The summed E-state index contributed by atoms with van der Waals surface area (Å²) in [4.78, 5) is 7.51. The molecular formula is C26H29F3N2. The number of imidazole rings is 1. The zero-order valence-corrected chi connectivity index (χ0v) is 18.4. The van der Waals surface area contributed by atoms with Gasteiger partial charge in [-0.2, -0.15) is 13.2 Å². The van der Waals surface area contributed by atoms with Gasteiger partial charge < -0.3 is 4.98 Å². The number of aryl methyl sites for hydroxylation is 1. The maximum Gasteiger partial charge on any atom is 0.416 e. The van der Waals surface area contributed by atoms with Crippen molar-refractivity contribution in [3.8, 4) is 11.3 Å². The molecule has 2 nitrogen and oxygen atoms in total. The minimum absolute atomic E-state index is 0.586. The number of rotatable bonds is 4. The Kier molecular flexibility index (Phi) is 10.3. The summed E-state index contributed by atoms with van der Waals surface area (Å²) in [7, 11) is 0. The molecular weight excluding hydrogens is 397 g/mol. The number of halogens is 3. The van der Waals surface area contributed by atoms with Crippen molar-refractivity contribution in [2.24, 2.45) is 0 Å². The first-order chi connectivity index (χ1) is 14.7. The van der Waals surface area contributed by atoms with E-state index in [-0.39, 0.29) is 0 Å². The molecule has 3 rings (SSSR count). The lowest BCUT2D eigenvalue weighted by Gasteiger charge is -2.06. The molecule has 2 aromatic carbocycles. The predicted molar refractivity (Wildman–Crippen MR) is 125 cm³/mol. The van der Waals surface area contributed by atoms with E-state index < -0.39 is 11.7 Å². The van der Waals surface area contributed by atoms with Crippen molar-refractivity contribution < 1.29 is 13.2 Å². The fourth-order valence-corrected chi connectivity index (χ4v) is 2.62. The maximum atomic E-state index is 12.0. The van der Waals surface area contributed by atoms with Crippen LogP contribution < -0.4 is 0 Å². The third kappa shape index (κ3) is 7.78. The summed E-state index contributed by atoms with van der Waals surface area (Å²) in [5.41, 5.74) is 4.69. The van der Waals surface area contributed by atoms with E-state index in [9.17, 15) is 13.2 Å². The molecule has 0 saturated carbocycles. The zero-order valence-electron chi connectivity index (χ0n) is 18.4. The number of hydrogen-bond acceptors (Lipinski definition) is 1. The van der Waals surface area contributed by atoms with Crippen LogP contribution in [0.25, 0.3) is 16.8 Å². The molecule has 0 radical (unpaired) electrons. The molecule has 5 heteroatoms. The largest absolute Gasteiger partial charge is 0.416 e. The zero-order chi connectivity index (χ0) is 23.4. The van der Waals surface area contributed by atoms with Crippen molar-refractivity contribution in [2.75, 3.05) is 0 Å². The Balaban J connectivity index is 0.000000317. The summed E-state index contributed by atoms with van der Waals surface area (Å²) in [5, 5.41) is 0. The number of nitrogens with zero attached hydrogens (tertiary/aromatic N) is 1.